The van der Waals surface area contributed by atoms with Crippen LogP contribution in [0.25, 0.3) is 5.57 Å². The second kappa shape index (κ2) is 11.2. The molecule has 0 amide bonds. The molecular formula is C36H38O2Si. The highest BCUT2D eigenvalue weighted by Crippen LogP contribution is 2.47. The van der Waals surface area contributed by atoms with Gasteiger partial charge in [-0.25, -0.2) is 0 Å². The average molecular weight is 531 g/mol. The van der Waals surface area contributed by atoms with Gasteiger partial charge in [-0.2, -0.15) is 0 Å². The average Bonchev–Trinajstić information content (AvgIpc) is 3.40. The molecule has 0 heterocycles. The van der Waals surface area contributed by atoms with Crippen LogP contribution in [-0.4, -0.2) is 21.0 Å². The maximum absolute atomic E-state index is 13.9. The maximum Gasteiger partial charge on any atom is 0.170 e. The van der Waals surface area contributed by atoms with Gasteiger partial charge < -0.3 is 4.74 Å². The van der Waals surface area contributed by atoms with Crippen molar-refractivity contribution < 1.29 is 9.53 Å². The number of hydrogen-bond acceptors (Lipinski definition) is 2. The van der Waals surface area contributed by atoms with Crippen molar-refractivity contribution in [3.05, 3.63) is 132 Å². The molecule has 0 bridgehead atoms. The third-order valence-electron chi connectivity index (χ3n) is 8.51. The predicted octanol–water partition coefficient (Wildman–Crippen LogP) is 7.66. The first-order chi connectivity index (χ1) is 18.8. The van der Waals surface area contributed by atoms with Crippen LogP contribution in [-0.2, 0) is 0 Å². The van der Waals surface area contributed by atoms with Crippen LogP contribution in [0.1, 0.15) is 43.1 Å². The Kier molecular flexibility index (Phi) is 7.72. The van der Waals surface area contributed by atoms with Crippen LogP contribution in [0.3, 0.4) is 0 Å². The van der Waals surface area contributed by atoms with Gasteiger partial charge in [0.05, 0.1) is 7.11 Å². The molecule has 4 aromatic rings. The molecule has 0 aliphatic heterocycles. The molecule has 0 aromatic heterocycles. The minimum absolute atomic E-state index is 0.0748. The Balaban J connectivity index is 1.61. The van der Waals surface area contributed by atoms with Crippen LogP contribution in [0, 0.1) is 11.8 Å². The third kappa shape index (κ3) is 5.29. The van der Waals surface area contributed by atoms with E-state index >= 15 is 0 Å². The molecule has 1 aliphatic carbocycles. The standard InChI is InChI=1S/C36H38O2Si/c1-36(2,3)39(31-16-10-6-11-17-31,32-18-12-7-13-19-32)26-27-24-33(28-20-22-30(38-4)23-21-28)34(25-27)35(37)29-14-8-5-9-15-29/h5-24,27,34H,25-26H2,1-4H3. The van der Waals surface area contributed by atoms with Crippen molar-refractivity contribution in [2.45, 2.75) is 38.3 Å². The lowest BCUT2D eigenvalue weighted by Gasteiger charge is -2.45. The molecule has 3 heteroatoms. The second-order valence-corrected chi connectivity index (χ2v) is 16.6. The lowest BCUT2D eigenvalue weighted by atomic mass is 9.87. The summed E-state index contributed by atoms with van der Waals surface area (Å²) in [6, 6.07) is 41.3. The minimum atomic E-state index is -2.28. The van der Waals surface area contributed by atoms with Gasteiger partial charge in [0, 0.05) is 11.5 Å². The van der Waals surface area contributed by atoms with Gasteiger partial charge in [0.15, 0.2) is 5.78 Å². The molecule has 5 rings (SSSR count). The van der Waals surface area contributed by atoms with E-state index in [4.69, 9.17) is 4.74 Å². The topological polar surface area (TPSA) is 26.3 Å². The number of benzene rings is 4. The van der Waals surface area contributed by atoms with E-state index in [1.54, 1.807) is 7.11 Å². The first-order valence-electron chi connectivity index (χ1n) is 13.9. The number of Topliss-reactive ketones (excluding diaryl/α,β-unsaturated/α-hetero) is 1. The van der Waals surface area contributed by atoms with Gasteiger partial charge in [-0.15, -0.1) is 0 Å². The van der Waals surface area contributed by atoms with E-state index in [0.29, 0.717) is 5.92 Å². The van der Waals surface area contributed by atoms with Crippen LogP contribution in [0.15, 0.2) is 121 Å². The summed E-state index contributed by atoms with van der Waals surface area (Å²) in [5.41, 5.74) is 3.04. The van der Waals surface area contributed by atoms with Gasteiger partial charge in [-0.05, 0) is 46.7 Å². The number of ether oxygens (including phenoxy) is 1. The Morgan fingerprint density at radius 3 is 1.77 bits per heavy atom. The van der Waals surface area contributed by atoms with Gasteiger partial charge in [0.2, 0.25) is 0 Å². The molecule has 2 nitrogen and oxygen atoms in total. The van der Waals surface area contributed by atoms with Gasteiger partial charge >= 0.3 is 0 Å². The Morgan fingerprint density at radius 1 is 0.769 bits per heavy atom. The smallest absolute Gasteiger partial charge is 0.170 e. The van der Waals surface area contributed by atoms with Crippen molar-refractivity contribution in [1.29, 1.82) is 0 Å². The summed E-state index contributed by atoms with van der Waals surface area (Å²) >= 11 is 0. The number of carbonyl (C=O) groups excluding carboxylic acids is 1. The van der Waals surface area contributed by atoms with Gasteiger partial charge in [0.25, 0.3) is 0 Å². The Labute approximate surface area is 234 Å². The Morgan fingerprint density at radius 2 is 1.28 bits per heavy atom. The van der Waals surface area contributed by atoms with Crippen LogP contribution in [0.4, 0.5) is 0 Å². The SMILES string of the molecule is COc1ccc(C2=CC(C[Si](c3ccccc3)(c3ccccc3)C(C)(C)C)CC2C(=O)c2ccccc2)cc1. The summed E-state index contributed by atoms with van der Waals surface area (Å²) in [6.45, 7) is 7.23. The zero-order chi connectivity index (χ0) is 27.5. The highest BCUT2D eigenvalue weighted by atomic mass is 28.3. The molecule has 0 saturated heterocycles. The largest absolute Gasteiger partial charge is 0.497 e. The van der Waals surface area contributed by atoms with E-state index in [9.17, 15) is 4.79 Å². The molecule has 0 N–H and O–H groups in total. The van der Waals surface area contributed by atoms with Crippen LogP contribution >= 0.6 is 0 Å². The monoisotopic (exact) mass is 530 g/mol. The van der Waals surface area contributed by atoms with Crippen molar-refractivity contribution in [3.63, 3.8) is 0 Å². The summed E-state index contributed by atoms with van der Waals surface area (Å²) in [4.78, 5) is 13.9. The number of hydrogen-bond donors (Lipinski definition) is 0. The molecule has 0 spiro atoms. The quantitative estimate of drug-likeness (QED) is 0.173. The van der Waals surface area contributed by atoms with Crippen molar-refractivity contribution in [1.82, 2.24) is 0 Å². The van der Waals surface area contributed by atoms with Gasteiger partial charge in [0.1, 0.15) is 13.8 Å². The van der Waals surface area contributed by atoms with Crippen LogP contribution in [0.5, 0.6) is 5.75 Å². The molecule has 198 valence electrons. The maximum atomic E-state index is 13.9. The number of methoxy groups -OCH3 is 1. The fraction of sp³-hybridized carbons (Fsp3) is 0.250. The highest BCUT2D eigenvalue weighted by Gasteiger charge is 2.49. The van der Waals surface area contributed by atoms with Gasteiger partial charge in [-0.1, -0.05) is 140 Å². The Hall–Kier alpha value is -3.69. The number of carbonyl (C=O) groups is 1. The normalized spacial score (nSPS) is 17.5. The van der Waals surface area contributed by atoms with Crippen molar-refractivity contribution in [3.8, 4) is 5.75 Å². The predicted molar refractivity (Wildman–Crippen MR) is 166 cm³/mol. The first kappa shape index (κ1) is 26.9. The summed E-state index contributed by atoms with van der Waals surface area (Å²) in [6.07, 6.45) is 3.26. The molecule has 2 unspecified atom stereocenters. The fourth-order valence-corrected chi connectivity index (χ4v) is 12.3. The fourth-order valence-electron chi connectivity index (χ4n) is 6.56. The van der Waals surface area contributed by atoms with Gasteiger partial charge in [-0.3, -0.25) is 4.79 Å². The van der Waals surface area contributed by atoms with E-state index in [2.05, 4.69) is 99.6 Å². The van der Waals surface area contributed by atoms with E-state index in [-0.39, 0.29) is 16.7 Å². The molecule has 0 fully saturated rings. The van der Waals surface area contributed by atoms with Crippen LogP contribution in [0.2, 0.25) is 11.1 Å². The molecule has 2 atom stereocenters. The number of allylic oxidation sites excluding steroid dienone is 2. The molecule has 4 aromatic carbocycles. The lowest BCUT2D eigenvalue weighted by Crippen LogP contribution is -2.64. The summed E-state index contributed by atoms with van der Waals surface area (Å²) in [7, 11) is -0.593. The summed E-state index contributed by atoms with van der Waals surface area (Å²) in [5, 5.41) is 2.99. The zero-order valence-corrected chi connectivity index (χ0v) is 24.4. The molecular weight excluding hydrogens is 492 g/mol. The molecule has 1 aliphatic rings. The summed E-state index contributed by atoms with van der Waals surface area (Å²) < 4.78 is 5.42. The third-order valence-corrected chi connectivity index (χ3v) is 14.8. The number of ketones is 1. The van der Waals surface area contributed by atoms with E-state index in [0.717, 1.165) is 34.9 Å². The molecule has 0 saturated carbocycles. The van der Waals surface area contributed by atoms with Crippen molar-refractivity contribution in [2.75, 3.05) is 7.11 Å². The molecule has 0 radical (unpaired) electrons. The zero-order valence-electron chi connectivity index (χ0n) is 23.4. The van der Waals surface area contributed by atoms with Crippen LogP contribution < -0.4 is 15.1 Å². The van der Waals surface area contributed by atoms with E-state index in [1.807, 2.05) is 42.5 Å². The van der Waals surface area contributed by atoms with Crippen molar-refractivity contribution in [2.24, 2.45) is 11.8 Å². The second-order valence-electron chi connectivity index (χ2n) is 11.7. The number of rotatable bonds is 8. The van der Waals surface area contributed by atoms with Crippen molar-refractivity contribution >= 4 is 29.8 Å². The Bertz CT molecular complexity index is 1380. The van der Waals surface area contributed by atoms with E-state index < -0.39 is 8.07 Å². The lowest BCUT2D eigenvalue weighted by molar-refractivity contribution is 0.0945. The minimum Gasteiger partial charge on any atom is -0.497 e. The summed E-state index contributed by atoms with van der Waals surface area (Å²) in [5.74, 6) is 1.17. The first-order valence-corrected chi connectivity index (χ1v) is 16.1. The van der Waals surface area contributed by atoms with E-state index in [1.165, 1.54) is 10.4 Å². The highest BCUT2D eigenvalue weighted by molar-refractivity contribution is 7.04. The molecule has 39 heavy (non-hydrogen) atoms.